The van der Waals surface area contributed by atoms with Crippen molar-refractivity contribution in [3.05, 3.63) is 12.2 Å². The van der Waals surface area contributed by atoms with Crippen LogP contribution in [0.3, 0.4) is 0 Å². The van der Waals surface area contributed by atoms with E-state index in [2.05, 4.69) is 18.5 Å². The van der Waals surface area contributed by atoms with Crippen LogP contribution in [0.1, 0.15) is 51.9 Å². The van der Waals surface area contributed by atoms with E-state index in [0.717, 1.165) is 19.3 Å². The maximum Gasteiger partial charge on any atom is 0.313 e. The standard InChI is InChI=1S/C14H24N2O2/c1-3-4-5-6-7-8-9-11-12(14(17)18)10(2)13(15)16-11/h11-12H,2-9H2,1H3,(H2,15,16)(H,17,18). The van der Waals surface area contributed by atoms with Gasteiger partial charge in [-0.3, -0.25) is 9.79 Å². The zero-order valence-corrected chi connectivity index (χ0v) is 11.2. The van der Waals surface area contributed by atoms with Gasteiger partial charge in [-0.15, -0.1) is 0 Å². The van der Waals surface area contributed by atoms with Gasteiger partial charge < -0.3 is 10.8 Å². The number of carboxylic acid groups (broad SMARTS) is 1. The number of nitrogens with zero attached hydrogens (tertiary/aromatic N) is 1. The fraction of sp³-hybridized carbons (Fsp3) is 0.714. The molecule has 4 heteroatoms. The minimum atomic E-state index is -0.861. The molecule has 0 saturated carbocycles. The van der Waals surface area contributed by atoms with Crippen LogP contribution in [0.2, 0.25) is 0 Å². The van der Waals surface area contributed by atoms with E-state index < -0.39 is 11.9 Å². The second-order valence-corrected chi connectivity index (χ2v) is 4.98. The predicted molar refractivity (Wildman–Crippen MR) is 73.7 cm³/mol. The van der Waals surface area contributed by atoms with Crippen LogP contribution in [0.4, 0.5) is 0 Å². The molecule has 0 saturated heterocycles. The zero-order chi connectivity index (χ0) is 13.5. The Morgan fingerprint density at radius 2 is 1.94 bits per heavy atom. The average Bonchev–Trinajstić information content (AvgIpc) is 2.59. The van der Waals surface area contributed by atoms with Crippen molar-refractivity contribution in [3.8, 4) is 0 Å². The van der Waals surface area contributed by atoms with Crippen LogP contribution in [0.25, 0.3) is 0 Å². The highest BCUT2D eigenvalue weighted by Gasteiger charge is 2.36. The van der Waals surface area contributed by atoms with Gasteiger partial charge in [-0.05, 0) is 6.42 Å². The van der Waals surface area contributed by atoms with Crippen molar-refractivity contribution in [3.63, 3.8) is 0 Å². The summed E-state index contributed by atoms with van der Waals surface area (Å²) in [7, 11) is 0. The molecule has 0 fully saturated rings. The fourth-order valence-electron chi connectivity index (χ4n) is 2.41. The first-order valence-electron chi connectivity index (χ1n) is 6.83. The van der Waals surface area contributed by atoms with E-state index in [1.165, 1.54) is 25.7 Å². The van der Waals surface area contributed by atoms with Crippen LogP contribution in [-0.4, -0.2) is 23.0 Å². The molecule has 0 aromatic rings. The highest BCUT2D eigenvalue weighted by molar-refractivity contribution is 6.03. The predicted octanol–water partition coefficient (Wildman–Crippen LogP) is 2.73. The van der Waals surface area contributed by atoms with E-state index in [1.807, 2.05) is 0 Å². The molecule has 0 aromatic carbocycles. The van der Waals surface area contributed by atoms with Crippen molar-refractivity contribution in [2.45, 2.75) is 57.9 Å². The van der Waals surface area contributed by atoms with Crippen molar-refractivity contribution in [1.82, 2.24) is 0 Å². The van der Waals surface area contributed by atoms with Gasteiger partial charge in [0.05, 0.1) is 6.04 Å². The summed E-state index contributed by atoms with van der Waals surface area (Å²) < 4.78 is 0. The van der Waals surface area contributed by atoms with Gasteiger partial charge in [-0.1, -0.05) is 52.0 Å². The molecule has 0 spiro atoms. The number of amidine groups is 1. The van der Waals surface area contributed by atoms with Crippen LogP contribution < -0.4 is 5.73 Å². The minimum absolute atomic E-state index is 0.207. The topological polar surface area (TPSA) is 75.7 Å². The van der Waals surface area contributed by atoms with Crippen molar-refractivity contribution in [2.24, 2.45) is 16.6 Å². The molecular weight excluding hydrogens is 228 g/mol. The largest absolute Gasteiger partial charge is 0.481 e. The molecule has 0 radical (unpaired) electrons. The summed E-state index contributed by atoms with van der Waals surface area (Å²) in [6.07, 6.45) is 7.96. The first-order chi connectivity index (χ1) is 8.57. The fourth-order valence-corrected chi connectivity index (χ4v) is 2.41. The van der Waals surface area contributed by atoms with E-state index in [9.17, 15) is 4.79 Å². The SMILES string of the molecule is C=C1C(N)=NC(CCCCCCCC)C1C(=O)O. The number of aliphatic carboxylic acids is 1. The summed E-state index contributed by atoms with van der Waals surface area (Å²) in [5.74, 6) is -1.15. The highest BCUT2D eigenvalue weighted by atomic mass is 16.4. The first kappa shape index (κ1) is 14.7. The Balaban J connectivity index is 2.32. The van der Waals surface area contributed by atoms with Gasteiger partial charge in [0.25, 0.3) is 0 Å². The minimum Gasteiger partial charge on any atom is -0.481 e. The lowest BCUT2D eigenvalue weighted by Crippen LogP contribution is -2.25. The monoisotopic (exact) mass is 252 g/mol. The van der Waals surface area contributed by atoms with Crippen LogP contribution in [0.15, 0.2) is 17.1 Å². The summed E-state index contributed by atoms with van der Waals surface area (Å²) in [6.45, 7) is 5.91. The van der Waals surface area contributed by atoms with Gasteiger partial charge in [0, 0.05) is 5.57 Å². The second kappa shape index (κ2) is 7.19. The lowest BCUT2D eigenvalue weighted by atomic mass is 9.92. The molecule has 0 amide bonds. The Morgan fingerprint density at radius 3 is 2.56 bits per heavy atom. The van der Waals surface area contributed by atoms with Crippen molar-refractivity contribution in [2.75, 3.05) is 0 Å². The number of rotatable bonds is 8. The van der Waals surface area contributed by atoms with Crippen LogP contribution in [0.5, 0.6) is 0 Å². The number of unbranched alkanes of at least 4 members (excludes halogenated alkanes) is 5. The number of carbonyl (C=O) groups is 1. The van der Waals surface area contributed by atoms with Crippen molar-refractivity contribution in [1.29, 1.82) is 0 Å². The van der Waals surface area contributed by atoms with E-state index in [0.29, 0.717) is 11.4 Å². The Hall–Kier alpha value is -1.32. The molecule has 2 atom stereocenters. The van der Waals surface area contributed by atoms with Gasteiger partial charge in [0.15, 0.2) is 0 Å². The molecule has 102 valence electrons. The molecule has 1 heterocycles. The van der Waals surface area contributed by atoms with E-state index >= 15 is 0 Å². The summed E-state index contributed by atoms with van der Waals surface area (Å²) in [6, 6.07) is -0.207. The van der Waals surface area contributed by atoms with Crippen LogP contribution in [0, 0.1) is 5.92 Å². The zero-order valence-electron chi connectivity index (χ0n) is 11.2. The molecule has 2 unspecified atom stereocenters. The lowest BCUT2D eigenvalue weighted by Gasteiger charge is -2.14. The maximum absolute atomic E-state index is 11.2. The van der Waals surface area contributed by atoms with Crippen molar-refractivity contribution >= 4 is 11.8 Å². The Labute approximate surface area is 109 Å². The van der Waals surface area contributed by atoms with Gasteiger partial charge in [-0.2, -0.15) is 0 Å². The average molecular weight is 252 g/mol. The third-order valence-electron chi connectivity index (χ3n) is 3.51. The Kier molecular flexibility index (Phi) is 5.89. The molecule has 1 aliphatic rings. The van der Waals surface area contributed by atoms with Gasteiger partial charge in [-0.25, -0.2) is 0 Å². The maximum atomic E-state index is 11.2. The molecule has 1 rings (SSSR count). The van der Waals surface area contributed by atoms with E-state index in [4.69, 9.17) is 10.8 Å². The van der Waals surface area contributed by atoms with Crippen LogP contribution in [-0.2, 0) is 4.79 Å². The number of carboxylic acids is 1. The molecule has 18 heavy (non-hydrogen) atoms. The second-order valence-electron chi connectivity index (χ2n) is 4.98. The molecule has 0 aliphatic carbocycles. The summed E-state index contributed by atoms with van der Waals surface area (Å²) >= 11 is 0. The first-order valence-corrected chi connectivity index (χ1v) is 6.83. The summed E-state index contributed by atoms with van der Waals surface area (Å²) in [5.41, 5.74) is 6.12. The highest BCUT2D eigenvalue weighted by Crippen LogP contribution is 2.28. The third-order valence-corrected chi connectivity index (χ3v) is 3.51. The summed E-state index contributed by atoms with van der Waals surface area (Å²) in [4.78, 5) is 15.4. The molecule has 0 aromatic heterocycles. The summed E-state index contributed by atoms with van der Waals surface area (Å²) in [5, 5.41) is 9.15. The normalized spacial score (nSPS) is 23.2. The smallest absolute Gasteiger partial charge is 0.313 e. The number of nitrogens with two attached hydrogens (primary N) is 1. The van der Waals surface area contributed by atoms with E-state index in [1.54, 1.807) is 0 Å². The quantitative estimate of drug-likeness (QED) is 0.652. The number of hydrogen-bond donors (Lipinski definition) is 2. The number of aliphatic imine (C=N–C) groups is 1. The third kappa shape index (κ3) is 3.86. The van der Waals surface area contributed by atoms with Gasteiger partial charge >= 0.3 is 5.97 Å². The molecule has 1 aliphatic heterocycles. The molecule has 3 N–H and O–H groups in total. The lowest BCUT2D eigenvalue weighted by molar-refractivity contribution is -0.140. The van der Waals surface area contributed by atoms with Gasteiger partial charge in [0.2, 0.25) is 0 Å². The molecule has 4 nitrogen and oxygen atoms in total. The molecular formula is C14H24N2O2. The van der Waals surface area contributed by atoms with Gasteiger partial charge in [0.1, 0.15) is 11.8 Å². The van der Waals surface area contributed by atoms with Crippen LogP contribution >= 0.6 is 0 Å². The van der Waals surface area contributed by atoms with E-state index in [-0.39, 0.29) is 6.04 Å². The van der Waals surface area contributed by atoms with Crippen molar-refractivity contribution < 1.29 is 9.90 Å². The number of hydrogen-bond acceptors (Lipinski definition) is 3. The Morgan fingerprint density at radius 1 is 1.33 bits per heavy atom. The molecule has 0 bridgehead atoms. The Bertz CT molecular complexity index is 337.